The number of rotatable bonds is 3. The van der Waals surface area contributed by atoms with Gasteiger partial charge in [0.15, 0.2) is 0 Å². The van der Waals surface area contributed by atoms with Crippen LogP contribution in [0.4, 0.5) is 0 Å². The van der Waals surface area contributed by atoms with Gasteiger partial charge in [0.05, 0.1) is 5.92 Å². The van der Waals surface area contributed by atoms with Crippen LogP contribution in [0.25, 0.3) is 0 Å². The van der Waals surface area contributed by atoms with E-state index in [1.807, 2.05) is 31.4 Å². The molecule has 1 aromatic carbocycles. The predicted octanol–water partition coefficient (Wildman–Crippen LogP) is 2.65. The fourth-order valence-corrected chi connectivity index (χ4v) is 2.90. The van der Waals surface area contributed by atoms with Crippen LogP contribution in [0, 0.1) is 12.8 Å². The number of hydrogen-bond acceptors (Lipinski definition) is 3. The summed E-state index contributed by atoms with van der Waals surface area (Å²) in [4.78, 5) is 26.3. The quantitative estimate of drug-likeness (QED) is 0.870. The largest absolute Gasteiger partial charge is 0.481 e. The van der Waals surface area contributed by atoms with Crippen LogP contribution in [0.5, 0.6) is 0 Å². The van der Waals surface area contributed by atoms with Gasteiger partial charge in [-0.3, -0.25) is 9.59 Å². The number of aliphatic carboxylic acids is 1. The van der Waals surface area contributed by atoms with E-state index in [1.54, 1.807) is 16.7 Å². The van der Waals surface area contributed by atoms with Crippen molar-refractivity contribution in [2.75, 3.05) is 19.3 Å². The third kappa shape index (κ3) is 3.15. The maximum absolute atomic E-state index is 12.5. The highest BCUT2D eigenvalue weighted by Crippen LogP contribution is 2.23. The number of carbonyl (C=O) groups excluding carboxylic acids is 1. The van der Waals surface area contributed by atoms with E-state index in [-0.39, 0.29) is 11.8 Å². The summed E-state index contributed by atoms with van der Waals surface area (Å²) in [7, 11) is 0. The van der Waals surface area contributed by atoms with Crippen LogP contribution in [0.1, 0.15) is 28.8 Å². The van der Waals surface area contributed by atoms with Crippen LogP contribution in [-0.4, -0.2) is 41.2 Å². The second kappa shape index (κ2) is 6.31. The third-order valence-electron chi connectivity index (χ3n) is 3.81. The summed E-state index contributed by atoms with van der Waals surface area (Å²) in [6.45, 7) is 2.98. The number of piperidine rings is 1. The SMILES string of the molecule is CSc1ccc(C)c(C(=O)N2CCC(C(=O)O)CC2)c1. The molecule has 2 rings (SSSR count). The molecule has 0 saturated carbocycles. The number of likely N-dealkylation sites (tertiary alicyclic amines) is 1. The maximum atomic E-state index is 12.5. The monoisotopic (exact) mass is 293 g/mol. The van der Waals surface area contributed by atoms with Gasteiger partial charge in [0, 0.05) is 23.5 Å². The van der Waals surface area contributed by atoms with Gasteiger partial charge in [-0.25, -0.2) is 0 Å². The van der Waals surface area contributed by atoms with Crippen molar-refractivity contribution in [3.8, 4) is 0 Å². The first-order chi connectivity index (χ1) is 9.52. The third-order valence-corrected chi connectivity index (χ3v) is 4.53. The minimum Gasteiger partial charge on any atom is -0.481 e. The van der Waals surface area contributed by atoms with Crippen LogP contribution in [0.2, 0.25) is 0 Å². The van der Waals surface area contributed by atoms with Crippen molar-refractivity contribution in [3.63, 3.8) is 0 Å². The van der Waals surface area contributed by atoms with Gasteiger partial charge in [-0.2, -0.15) is 0 Å². The Kier molecular flexibility index (Phi) is 4.70. The zero-order valence-electron chi connectivity index (χ0n) is 11.8. The van der Waals surface area contributed by atoms with Crippen molar-refractivity contribution in [1.29, 1.82) is 0 Å². The number of benzene rings is 1. The van der Waals surface area contributed by atoms with Gasteiger partial charge < -0.3 is 10.0 Å². The van der Waals surface area contributed by atoms with Crippen LogP contribution in [-0.2, 0) is 4.79 Å². The molecule has 1 aromatic rings. The number of carbonyl (C=O) groups is 2. The molecule has 1 aliphatic rings. The number of hydrogen-bond donors (Lipinski definition) is 1. The molecule has 1 heterocycles. The second-order valence-electron chi connectivity index (χ2n) is 5.09. The highest BCUT2D eigenvalue weighted by atomic mass is 32.2. The molecule has 1 fully saturated rings. The van der Waals surface area contributed by atoms with E-state index < -0.39 is 5.97 Å². The van der Waals surface area contributed by atoms with Crippen molar-refractivity contribution >= 4 is 23.6 Å². The molecule has 1 amide bonds. The highest BCUT2D eigenvalue weighted by Gasteiger charge is 2.28. The summed E-state index contributed by atoms with van der Waals surface area (Å²) in [5, 5.41) is 8.99. The van der Waals surface area contributed by atoms with Gasteiger partial charge in [-0.1, -0.05) is 6.07 Å². The van der Waals surface area contributed by atoms with Gasteiger partial charge in [0.1, 0.15) is 0 Å². The number of aryl methyl sites for hydroxylation is 1. The molecule has 4 nitrogen and oxygen atoms in total. The highest BCUT2D eigenvalue weighted by molar-refractivity contribution is 7.98. The summed E-state index contributed by atoms with van der Waals surface area (Å²) in [6, 6.07) is 5.89. The molecule has 0 unspecified atom stereocenters. The smallest absolute Gasteiger partial charge is 0.306 e. The number of thioether (sulfide) groups is 1. The van der Waals surface area contributed by atoms with Crippen molar-refractivity contribution in [2.24, 2.45) is 5.92 Å². The fourth-order valence-electron chi connectivity index (χ4n) is 2.46. The molecule has 1 aliphatic heterocycles. The van der Waals surface area contributed by atoms with E-state index >= 15 is 0 Å². The van der Waals surface area contributed by atoms with Crippen molar-refractivity contribution in [1.82, 2.24) is 4.90 Å². The molecular formula is C15H19NO3S. The Bertz CT molecular complexity index is 522. The number of carboxylic acids is 1. The summed E-state index contributed by atoms with van der Waals surface area (Å²) >= 11 is 1.61. The van der Waals surface area contributed by atoms with Gasteiger partial charge in [-0.05, 0) is 43.7 Å². The normalized spacial score (nSPS) is 16.2. The average Bonchev–Trinajstić information content (AvgIpc) is 2.47. The summed E-state index contributed by atoms with van der Waals surface area (Å²) in [6.07, 6.45) is 3.07. The maximum Gasteiger partial charge on any atom is 0.306 e. The Morgan fingerprint density at radius 1 is 1.30 bits per heavy atom. The molecule has 0 radical (unpaired) electrons. The first kappa shape index (κ1) is 14.9. The lowest BCUT2D eigenvalue weighted by Crippen LogP contribution is -2.40. The Balaban J connectivity index is 2.11. The van der Waals surface area contributed by atoms with E-state index in [2.05, 4.69) is 0 Å². The van der Waals surface area contributed by atoms with E-state index in [0.717, 1.165) is 16.0 Å². The zero-order chi connectivity index (χ0) is 14.7. The van der Waals surface area contributed by atoms with Crippen LogP contribution >= 0.6 is 11.8 Å². The zero-order valence-corrected chi connectivity index (χ0v) is 12.6. The first-order valence-electron chi connectivity index (χ1n) is 6.69. The van der Waals surface area contributed by atoms with Crippen LogP contribution in [0.15, 0.2) is 23.1 Å². The molecule has 5 heteroatoms. The van der Waals surface area contributed by atoms with E-state index in [0.29, 0.717) is 25.9 Å². The Labute approximate surface area is 123 Å². The molecule has 1 saturated heterocycles. The summed E-state index contributed by atoms with van der Waals surface area (Å²) < 4.78 is 0. The molecule has 108 valence electrons. The lowest BCUT2D eigenvalue weighted by molar-refractivity contribution is -0.143. The van der Waals surface area contributed by atoms with Crippen LogP contribution in [0.3, 0.4) is 0 Å². The molecule has 0 aromatic heterocycles. The van der Waals surface area contributed by atoms with Gasteiger partial charge in [0.2, 0.25) is 0 Å². The topological polar surface area (TPSA) is 57.6 Å². The summed E-state index contributed by atoms with van der Waals surface area (Å²) in [5.41, 5.74) is 1.69. The molecule has 0 spiro atoms. The van der Waals surface area contributed by atoms with E-state index in [9.17, 15) is 9.59 Å². The van der Waals surface area contributed by atoms with Crippen molar-refractivity contribution < 1.29 is 14.7 Å². The summed E-state index contributed by atoms with van der Waals surface area (Å²) in [5.74, 6) is -1.04. The van der Waals surface area contributed by atoms with E-state index in [1.165, 1.54) is 0 Å². The fraction of sp³-hybridized carbons (Fsp3) is 0.467. The standard InChI is InChI=1S/C15H19NO3S/c1-10-3-4-12(20-2)9-13(10)14(17)16-7-5-11(6-8-16)15(18)19/h3-4,9,11H,5-8H2,1-2H3,(H,18,19). The lowest BCUT2D eigenvalue weighted by atomic mass is 9.96. The van der Waals surface area contributed by atoms with Crippen LogP contribution < -0.4 is 0 Å². The van der Waals surface area contributed by atoms with Gasteiger partial charge >= 0.3 is 5.97 Å². The van der Waals surface area contributed by atoms with Crippen molar-refractivity contribution in [3.05, 3.63) is 29.3 Å². The van der Waals surface area contributed by atoms with E-state index in [4.69, 9.17) is 5.11 Å². The predicted molar refractivity (Wildman–Crippen MR) is 79.2 cm³/mol. The molecular weight excluding hydrogens is 274 g/mol. The average molecular weight is 293 g/mol. The molecule has 20 heavy (non-hydrogen) atoms. The van der Waals surface area contributed by atoms with Gasteiger partial charge in [-0.15, -0.1) is 11.8 Å². The Morgan fingerprint density at radius 3 is 2.50 bits per heavy atom. The number of carboxylic acid groups (broad SMARTS) is 1. The lowest BCUT2D eigenvalue weighted by Gasteiger charge is -2.30. The number of amides is 1. The van der Waals surface area contributed by atoms with Crippen molar-refractivity contribution in [2.45, 2.75) is 24.7 Å². The molecule has 0 atom stereocenters. The molecule has 0 aliphatic carbocycles. The Hall–Kier alpha value is -1.49. The first-order valence-corrected chi connectivity index (χ1v) is 7.92. The van der Waals surface area contributed by atoms with Gasteiger partial charge in [0.25, 0.3) is 5.91 Å². The minimum absolute atomic E-state index is 0.0160. The molecule has 1 N–H and O–H groups in total. The molecule has 0 bridgehead atoms. The number of nitrogens with zero attached hydrogens (tertiary/aromatic N) is 1. The minimum atomic E-state index is -0.752. The second-order valence-corrected chi connectivity index (χ2v) is 5.97. The Morgan fingerprint density at radius 2 is 1.95 bits per heavy atom.